The molecule has 25 heavy (non-hydrogen) atoms. The van der Waals surface area contributed by atoms with Crippen LogP contribution < -0.4 is 5.73 Å². The predicted octanol–water partition coefficient (Wildman–Crippen LogP) is 1.47. The normalized spacial score (nSPS) is 17.2. The number of rotatable bonds is 6. The average Bonchev–Trinajstić information content (AvgIpc) is 2.60. The lowest BCUT2D eigenvalue weighted by molar-refractivity contribution is -0.153. The number of benzene rings is 1. The van der Waals surface area contributed by atoms with Crippen LogP contribution >= 0.6 is 11.8 Å². The van der Waals surface area contributed by atoms with E-state index in [1.165, 1.54) is 4.90 Å². The molecule has 136 valence electrons. The van der Waals surface area contributed by atoms with E-state index in [2.05, 4.69) is 0 Å². The summed E-state index contributed by atoms with van der Waals surface area (Å²) in [7, 11) is 0. The summed E-state index contributed by atoms with van der Waals surface area (Å²) in [5.41, 5.74) is 5.28. The fourth-order valence-electron chi connectivity index (χ4n) is 2.52. The third-order valence-corrected chi connectivity index (χ3v) is 4.75. The van der Waals surface area contributed by atoms with Gasteiger partial charge in [0, 0.05) is 11.4 Å². The van der Waals surface area contributed by atoms with E-state index in [1.807, 2.05) is 0 Å². The summed E-state index contributed by atoms with van der Waals surface area (Å²) in [5, 5.41) is 0. The van der Waals surface area contributed by atoms with Crippen LogP contribution in [0.1, 0.15) is 19.3 Å². The highest BCUT2D eigenvalue weighted by atomic mass is 32.2. The van der Waals surface area contributed by atoms with Crippen LogP contribution in [0.5, 0.6) is 0 Å². The van der Waals surface area contributed by atoms with Gasteiger partial charge in [0.15, 0.2) is 6.61 Å². The zero-order valence-electron chi connectivity index (χ0n) is 13.4. The molecule has 1 aromatic carbocycles. The molecule has 9 heteroatoms. The van der Waals surface area contributed by atoms with Crippen molar-refractivity contribution in [3.8, 4) is 0 Å². The number of amides is 2. The molecule has 1 saturated heterocycles. The Labute approximate surface area is 147 Å². The number of nitrogens with zero attached hydrogens (tertiary/aromatic N) is 1. The molecule has 0 unspecified atom stereocenters. The largest absolute Gasteiger partial charge is 0.455 e. The molecule has 0 aromatic heterocycles. The molecule has 6 nitrogen and oxygen atoms in total. The van der Waals surface area contributed by atoms with Crippen molar-refractivity contribution in [1.29, 1.82) is 0 Å². The van der Waals surface area contributed by atoms with Crippen molar-refractivity contribution >= 4 is 29.5 Å². The highest BCUT2D eigenvalue weighted by Gasteiger charge is 2.30. The lowest BCUT2D eigenvalue weighted by Crippen LogP contribution is -2.51. The Kier molecular flexibility index (Phi) is 6.74. The van der Waals surface area contributed by atoms with Crippen molar-refractivity contribution in [3.63, 3.8) is 0 Å². The first kappa shape index (κ1) is 19.2. The quantitative estimate of drug-likeness (QED) is 0.603. The van der Waals surface area contributed by atoms with Crippen molar-refractivity contribution in [2.24, 2.45) is 5.73 Å². The summed E-state index contributed by atoms with van der Waals surface area (Å²) in [5.74, 6) is -3.36. The van der Waals surface area contributed by atoms with Gasteiger partial charge in [-0.3, -0.25) is 14.4 Å². The van der Waals surface area contributed by atoms with E-state index in [4.69, 9.17) is 10.5 Å². The average molecular weight is 372 g/mol. The number of ether oxygens (including phenoxy) is 1. The van der Waals surface area contributed by atoms with E-state index in [0.29, 0.717) is 13.0 Å². The van der Waals surface area contributed by atoms with Gasteiger partial charge in [-0.15, -0.1) is 11.8 Å². The van der Waals surface area contributed by atoms with Crippen molar-refractivity contribution in [3.05, 3.63) is 29.8 Å². The SMILES string of the molecule is NC(=O)[C@H]1CCCCN1C(=O)COC(=O)CSc1cc(F)ccc1F. The second-order valence-corrected chi connectivity index (χ2v) is 6.54. The van der Waals surface area contributed by atoms with Gasteiger partial charge in [0.25, 0.3) is 5.91 Å². The van der Waals surface area contributed by atoms with Crippen LogP contribution in [0.4, 0.5) is 8.78 Å². The number of carbonyl (C=O) groups is 3. The van der Waals surface area contributed by atoms with Crippen LogP contribution in [-0.4, -0.2) is 47.6 Å². The minimum Gasteiger partial charge on any atom is -0.455 e. The highest BCUT2D eigenvalue weighted by Crippen LogP contribution is 2.23. The van der Waals surface area contributed by atoms with Crippen LogP contribution in [0.15, 0.2) is 23.1 Å². The Morgan fingerprint density at radius 2 is 2.04 bits per heavy atom. The monoisotopic (exact) mass is 372 g/mol. The van der Waals surface area contributed by atoms with Gasteiger partial charge in [0.2, 0.25) is 5.91 Å². The molecule has 1 aliphatic heterocycles. The Hall–Kier alpha value is -2.16. The number of piperidine rings is 1. The van der Waals surface area contributed by atoms with Gasteiger partial charge in [-0.1, -0.05) is 0 Å². The van der Waals surface area contributed by atoms with Crippen molar-refractivity contribution < 1.29 is 27.9 Å². The molecule has 1 fully saturated rings. The third-order valence-electron chi connectivity index (χ3n) is 3.75. The van der Waals surface area contributed by atoms with E-state index >= 15 is 0 Å². The Morgan fingerprint density at radius 1 is 1.28 bits per heavy atom. The summed E-state index contributed by atoms with van der Waals surface area (Å²) in [6.07, 6.45) is 2.04. The smallest absolute Gasteiger partial charge is 0.316 e. The molecule has 0 radical (unpaired) electrons. The molecule has 0 saturated carbocycles. The molecule has 1 heterocycles. The van der Waals surface area contributed by atoms with Gasteiger partial charge in [-0.2, -0.15) is 0 Å². The van der Waals surface area contributed by atoms with Crippen LogP contribution in [0, 0.1) is 11.6 Å². The number of nitrogens with two attached hydrogens (primary N) is 1. The Bertz CT molecular complexity index is 672. The highest BCUT2D eigenvalue weighted by molar-refractivity contribution is 8.00. The number of primary amides is 1. The summed E-state index contributed by atoms with van der Waals surface area (Å²) >= 11 is 0.773. The fourth-order valence-corrected chi connectivity index (χ4v) is 3.28. The lowest BCUT2D eigenvalue weighted by atomic mass is 10.0. The Balaban J connectivity index is 1.81. The number of hydrogen-bond donors (Lipinski definition) is 1. The summed E-state index contributed by atoms with van der Waals surface area (Å²) in [6.45, 7) is -0.137. The maximum absolute atomic E-state index is 13.5. The maximum Gasteiger partial charge on any atom is 0.316 e. The summed E-state index contributed by atoms with van der Waals surface area (Å²) in [6, 6.07) is 2.23. The minimum absolute atomic E-state index is 0.0203. The van der Waals surface area contributed by atoms with Gasteiger partial charge >= 0.3 is 5.97 Å². The third kappa shape index (κ3) is 5.42. The molecule has 1 aliphatic rings. The van der Waals surface area contributed by atoms with Crippen molar-refractivity contribution in [2.45, 2.75) is 30.2 Å². The van der Waals surface area contributed by atoms with Gasteiger partial charge < -0.3 is 15.4 Å². The van der Waals surface area contributed by atoms with Gasteiger partial charge in [0.1, 0.15) is 17.7 Å². The van der Waals surface area contributed by atoms with Crippen LogP contribution in [0.25, 0.3) is 0 Å². The number of hydrogen-bond acceptors (Lipinski definition) is 5. The topological polar surface area (TPSA) is 89.7 Å². The maximum atomic E-state index is 13.5. The number of halogens is 2. The van der Waals surface area contributed by atoms with E-state index < -0.39 is 42.1 Å². The van der Waals surface area contributed by atoms with Gasteiger partial charge in [-0.25, -0.2) is 8.78 Å². The molecular formula is C16H18F2N2O4S. The fraction of sp³-hybridized carbons (Fsp3) is 0.438. The zero-order valence-corrected chi connectivity index (χ0v) is 14.2. The molecule has 0 aliphatic carbocycles. The molecule has 2 N–H and O–H groups in total. The lowest BCUT2D eigenvalue weighted by Gasteiger charge is -2.33. The van der Waals surface area contributed by atoms with Gasteiger partial charge in [0.05, 0.1) is 5.75 Å². The van der Waals surface area contributed by atoms with Crippen LogP contribution in [-0.2, 0) is 19.1 Å². The molecule has 0 bridgehead atoms. The molecule has 2 amide bonds. The molecule has 1 atom stereocenters. The van der Waals surface area contributed by atoms with E-state index in [0.717, 1.165) is 42.8 Å². The number of thioether (sulfide) groups is 1. The first-order valence-corrected chi connectivity index (χ1v) is 8.69. The standard InChI is InChI=1S/C16H18F2N2O4S/c17-10-4-5-11(18)13(7-10)25-9-15(22)24-8-14(21)20-6-2-1-3-12(20)16(19)23/h4-5,7,12H,1-3,6,8-9H2,(H2,19,23)/t12-/m1/s1. The summed E-state index contributed by atoms with van der Waals surface area (Å²) < 4.78 is 31.4. The van der Waals surface area contributed by atoms with Gasteiger partial charge in [-0.05, 0) is 37.5 Å². The number of likely N-dealkylation sites (tertiary alicyclic amines) is 1. The van der Waals surface area contributed by atoms with Crippen LogP contribution in [0.3, 0.4) is 0 Å². The van der Waals surface area contributed by atoms with Crippen LogP contribution in [0.2, 0.25) is 0 Å². The molecular weight excluding hydrogens is 354 g/mol. The summed E-state index contributed by atoms with van der Waals surface area (Å²) in [4.78, 5) is 36.5. The van der Waals surface area contributed by atoms with E-state index in [-0.39, 0.29) is 10.6 Å². The number of esters is 1. The first-order valence-electron chi connectivity index (χ1n) is 7.70. The second-order valence-electron chi connectivity index (χ2n) is 5.53. The van der Waals surface area contributed by atoms with Crippen molar-refractivity contribution in [2.75, 3.05) is 18.9 Å². The molecule has 2 rings (SSSR count). The van der Waals surface area contributed by atoms with E-state index in [9.17, 15) is 23.2 Å². The first-order chi connectivity index (χ1) is 11.9. The Morgan fingerprint density at radius 3 is 2.76 bits per heavy atom. The predicted molar refractivity (Wildman–Crippen MR) is 86.6 cm³/mol. The zero-order chi connectivity index (χ0) is 18.4. The minimum atomic E-state index is -0.741. The van der Waals surface area contributed by atoms with Crippen molar-refractivity contribution in [1.82, 2.24) is 4.90 Å². The molecule has 1 aromatic rings. The number of carbonyl (C=O) groups excluding carboxylic acids is 3. The second kappa shape index (κ2) is 8.80. The molecule has 0 spiro atoms. The van der Waals surface area contributed by atoms with E-state index in [1.54, 1.807) is 0 Å².